The number of benzene rings is 3. The molecule has 0 saturated carbocycles. The monoisotopic (exact) mass is 1840 g/mol. The Kier molecular flexibility index (Phi) is 39.1. The SMILES string of the molecule is CCCC[C@H]1C(=O)N(C)[C@@H](CCCC)C(=O)NC(CCCNC(=N)N)C(=O)N[C@H](C(=O)NCC(N)=O)CCCC(=O)N[C@@H](Cc2ccc(O)cc2)C(=O)N(C)[C@@H](C)C(=O)N[C@@H](CC(N)=O)C(=O)N2CCC[C@H]2C(=O)N[C@@H](CN)C(=O)N[C@@H](CC(C)C)C(=O)N2C[C@H](O)CC2C(=O)N[C@@H](Cc2c[nH]c3ccccc23)C(=O)N[C@@H](CO)C(=O)N[C@@H](Cc2c[nH]c3ccccc23)C(=O)N1C. The van der Waals surface area contributed by atoms with Crippen molar-refractivity contribution >= 4 is 128 Å². The second-order valence-corrected chi connectivity index (χ2v) is 34.3. The average Bonchev–Trinajstić information content (AvgIpc) is 1.60. The van der Waals surface area contributed by atoms with Crippen LogP contribution in [0.1, 0.15) is 154 Å². The molecule has 3 fully saturated rings. The van der Waals surface area contributed by atoms with Crippen LogP contribution in [-0.2, 0) is 101 Å². The second-order valence-electron chi connectivity index (χ2n) is 34.3. The molecule has 17 amide bonds. The van der Waals surface area contributed by atoms with Gasteiger partial charge in [-0.25, -0.2) is 0 Å². The van der Waals surface area contributed by atoms with Crippen LogP contribution in [0.3, 0.4) is 0 Å². The van der Waals surface area contributed by atoms with Crippen LogP contribution < -0.4 is 81.4 Å². The van der Waals surface area contributed by atoms with Crippen molar-refractivity contribution in [2.45, 2.75) is 247 Å². The average molecular weight is 1840 g/mol. The van der Waals surface area contributed by atoms with E-state index < -0.39 is 243 Å². The zero-order chi connectivity index (χ0) is 96.9. The molecular weight excluding hydrogens is 1710 g/mol. The van der Waals surface area contributed by atoms with Crippen LogP contribution in [-0.4, -0.2) is 307 Å². The van der Waals surface area contributed by atoms with Crippen LogP contribution in [0.2, 0.25) is 0 Å². The number of hydrogen-bond donors (Lipinski definition) is 21. The molecule has 2 unspecified atom stereocenters. The van der Waals surface area contributed by atoms with Crippen LogP contribution in [0.5, 0.6) is 5.75 Å². The first-order valence-electron chi connectivity index (χ1n) is 44.7. The molecule has 3 aromatic carbocycles. The molecule has 25 N–H and O–H groups in total. The lowest BCUT2D eigenvalue weighted by molar-refractivity contribution is -0.149. The number of aromatic nitrogens is 2. The normalized spacial score (nSPS) is 25.1. The van der Waals surface area contributed by atoms with Crippen molar-refractivity contribution in [3.05, 3.63) is 102 Å². The van der Waals surface area contributed by atoms with Gasteiger partial charge in [0.25, 0.3) is 0 Å². The minimum atomic E-state index is -1.89. The van der Waals surface area contributed by atoms with Gasteiger partial charge in [0.05, 0.1) is 25.7 Å². The number of carbonyl (C=O) groups is 17. The number of hydrogen-bond acceptors (Lipinski definition) is 22. The molecule has 15 atom stereocenters. The number of aromatic amines is 2. The first-order valence-corrected chi connectivity index (χ1v) is 44.7. The molecule has 3 saturated heterocycles. The highest BCUT2D eigenvalue weighted by Gasteiger charge is 2.47. The number of carbonyl (C=O) groups excluding carboxylic acids is 17. The maximum absolute atomic E-state index is 15.7. The van der Waals surface area contributed by atoms with Crippen molar-refractivity contribution < 1.29 is 96.8 Å². The van der Waals surface area contributed by atoms with Crippen molar-refractivity contribution in [2.75, 3.05) is 60.5 Å². The van der Waals surface area contributed by atoms with Crippen LogP contribution in [0, 0.1) is 11.3 Å². The number of phenols is 1. The number of primary amides is 2. The number of phenolic OH excluding ortho intramolecular Hbond substituents is 1. The number of unbranched alkanes of at least 4 members (excludes halogenated alkanes) is 2. The van der Waals surface area contributed by atoms with Crippen molar-refractivity contribution in [1.82, 2.24) is 93.0 Å². The highest BCUT2D eigenvalue weighted by atomic mass is 16.3. The molecule has 2 aromatic heterocycles. The maximum atomic E-state index is 15.7. The van der Waals surface area contributed by atoms with E-state index in [-0.39, 0.29) is 102 Å². The summed E-state index contributed by atoms with van der Waals surface area (Å²) >= 11 is 0. The number of H-pyrrole nitrogens is 2. The fourth-order valence-corrected chi connectivity index (χ4v) is 16.5. The number of rotatable bonds is 25. The Morgan fingerprint density at radius 3 is 1.64 bits per heavy atom. The molecular formula is C89H129N23O20. The quantitative estimate of drug-likeness (QED) is 0.0153. The predicted molar refractivity (Wildman–Crippen MR) is 483 cm³/mol. The molecule has 0 spiro atoms. The number of likely N-dealkylation sites (N-methyl/N-ethyl adjacent to an activating group) is 3. The number of aliphatic hydroxyl groups excluding tert-OH is 2. The zero-order valence-corrected chi connectivity index (χ0v) is 75.8. The number of nitrogens with two attached hydrogens (primary N) is 4. The number of guanidine groups is 1. The van der Waals surface area contributed by atoms with E-state index >= 15 is 33.6 Å². The van der Waals surface area contributed by atoms with Crippen molar-refractivity contribution in [3.8, 4) is 5.75 Å². The van der Waals surface area contributed by atoms with Gasteiger partial charge in [-0.05, 0) is 112 Å². The molecule has 0 aliphatic carbocycles. The summed E-state index contributed by atoms with van der Waals surface area (Å²) in [4.78, 5) is 260. The molecule has 43 nitrogen and oxygen atoms in total. The summed E-state index contributed by atoms with van der Waals surface area (Å²) in [5.41, 5.74) is 25.6. The van der Waals surface area contributed by atoms with E-state index in [1.165, 1.54) is 52.3 Å². The molecule has 0 radical (unpaired) electrons. The minimum Gasteiger partial charge on any atom is -0.508 e. The molecule has 8 rings (SSSR count). The highest BCUT2D eigenvalue weighted by Crippen LogP contribution is 2.28. The first kappa shape index (κ1) is 104. The van der Waals surface area contributed by atoms with E-state index in [1.807, 2.05) is 13.8 Å². The van der Waals surface area contributed by atoms with Gasteiger partial charge < -0.3 is 131 Å². The third-order valence-electron chi connectivity index (χ3n) is 24.0. The Labute approximate surface area is 764 Å². The Morgan fingerprint density at radius 2 is 1.05 bits per heavy atom. The summed E-state index contributed by atoms with van der Waals surface area (Å²) in [6, 6.07) is -2.20. The van der Waals surface area contributed by atoms with Crippen molar-refractivity contribution in [2.24, 2.45) is 28.9 Å². The standard InChI is InChI=1S/C89H129N23O20/c1-9-11-26-68-81(125)101-60(25-18-34-95-89(93)94)77(121)100-59(76(120)98-45-73(92)117)24-17-29-74(118)99-63(37-50-30-32-53(114)33-31-50)84(128)108(6)49(5)75(119)103-65(41-72(91)116)86(130)111-35-19-28-69(111)82(126)106-66(42-90)79(123)104-62(36-48(3)4)87(131)112-46-54(115)40-71(112)83(127)102-61(38-51-43-96-57-22-15-13-20-55(51)57)78(122)107-67(47-113)80(124)105-64(39-52-44-97-58-23-16-14-21-56(52)58)85(129)110(8)70(27-12-10-2)88(132)109(68)7/h13-16,20-23,30-33,43-44,48-49,54,59-71,96-97,113-115H,9-12,17-19,24-29,34-42,45-47,90H2,1-8H3,(H2,91,116)(H2,92,117)(H,98,120)(H,99,118)(H,100,121)(H,101,125)(H,102,127)(H,103,119)(H,104,123)(H,105,124)(H,106,126)(H,107,122)(H4,93,94,95)/t49-,54+,59-,60?,61-,62-,63-,64-,65-,66-,67-,68-,69-,70-,71?/m0/s1. The molecule has 3 aliphatic heterocycles. The van der Waals surface area contributed by atoms with Gasteiger partial charge in [-0.3, -0.25) is 86.9 Å². The second kappa shape index (κ2) is 49.6. The Morgan fingerprint density at radius 1 is 0.523 bits per heavy atom. The Bertz CT molecular complexity index is 4950. The van der Waals surface area contributed by atoms with Gasteiger partial charge in [-0.2, -0.15) is 0 Å². The van der Waals surface area contributed by atoms with Crippen LogP contribution in [0.4, 0.5) is 0 Å². The number of amides is 17. The van der Waals surface area contributed by atoms with E-state index in [9.17, 15) is 63.3 Å². The summed E-state index contributed by atoms with van der Waals surface area (Å²) in [5.74, 6) is -17.0. The smallest absolute Gasteiger partial charge is 0.246 e. The van der Waals surface area contributed by atoms with E-state index in [0.29, 0.717) is 64.2 Å². The van der Waals surface area contributed by atoms with E-state index in [4.69, 9.17) is 28.3 Å². The lowest BCUT2D eigenvalue weighted by atomic mass is 10.00. The number of nitrogens with one attached hydrogen (secondary N) is 14. The van der Waals surface area contributed by atoms with Crippen molar-refractivity contribution in [3.63, 3.8) is 0 Å². The number of aromatic hydroxyl groups is 1. The molecule has 43 heteroatoms. The van der Waals surface area contributed by atoms with E-state index in [1.54, 1.807) is 74.8 Å². The first-order chi connectivity index (χ1) is 62.8. The van der Waals surface area contributed by atoms with Crippen LogP contribution >= 0.6 is 0 Å². The van der Waals surface area contributed by atoms with Crippen LogP contribution in [0.15, 0.2) is 85.2 Å². The Balaban J connectivity index is 1.19. The summed E-state index contributed by atoms with van der Waals surface area (Å²) in [7, 11) is 3.90. The summed E-state index contributed by atoms with van der Waals surface area (Å²) in [6.45, 7) is 5.41. The number of fused-ring (bicyclic) bond motifs is 4. The van der Waals surface area contributed by atoms with Crippen molar-refractivity contribution in [1.29, 1.82) is 5.41 Å². The topological polar surface area (TPSA) is 659 Å². The molecule has 720 valence electrons. The maximum Gasteiger partial charge on any atom is 0.246 e. The van der Waals surface area contributed by atoms with Gasteiger partial charge in [0.2, 0.25) is 100 Å². The lowest BCUT2D eigenvalue weighted by Crippen LogP contribution is -2.62. The zero-order valence-electron chi connectivity index (χ0n) is 75.8. The predicted octanol–water partition coefficient (Wildman–Crippen LogP) is -3.50. The molecule has 132 heavy (non-hydrogen) atoms. The molecule has 5 aromatic rings. The third kappa shape index (κ3) is 28.8. The van der Waals surface area contributed by atoms with Gasteiger partial charge in [0.1, 0.15) is 90.3 Å². The highest BCUT2D eigenvalue weighted by molar-refractivity contribution is 6.02. The molecule has 3 aliphatic rings. The number of aliphatic hydroxyl groups is 2. The summed E-state index contributed by atoms with van der Waals surface area (Å²) in [6.07, 6.45) is 0.242. The third-order valence-corrected chi connectivity index (χ3v) is 24.0. The fourth-order valence-electron chi connectivity index (χ4n) is 16.5. The molecule has 0 bridgehead atoms. The fraction of sp³-hybridized carbons (Fsp3) is 0.551. The van der Waals surface area contributed by atoms with Gasteiger partial charge in [-0.1, -0.05) is 102 Å². The van der Waals surface area contributed by atoms with E-state index in [0.717, 1.165) is 24.5 Å². The summed E-state index contributed by atoms with van der Waals surface area (Å²) in [5, 5.41) is 70.6. The van der Waals surface area contributed by atoms with Crippen LogP contribution in [0.25, 0.3) is 21.8 Å². The van der Waals surface area contributed by atoms with Gasteiger partial charge in [0.15, 0.2) is 5.96 Å². The van der Waals surface area contributed by atoms with E-state index in [2.05, 4.69) is 68.5 Å². The van der Waals surface area contributed by atoms with Gasteiger partial charge in [0, 0.05) is 114 Å². The Hall–Kier alpha value is -13.3. The largest absolute Gasteiger partial charge is 0.508 e. The number of nitrogens with zero attached hydrogens (tertiary/aromatic N) is 5. The van der Waals surface area contributed by atoms with Gasteiger partial charge >= 0.3 is 0 Å². The lowest BCUT2D eigenvalue weighted by Gasteiger charge is -2.36. The number of para-hydroxylation sites is 2. The summed E-state index contributed by atoms with van der Waals surface area (Å²) < 4.78 is 0. The molecule has 5 heterocycles. The van der Waals surface area contributed by atoms with Gasteiger partial charge in [-0.15, -0.1) is 0 Å². The minimum absolute atomic E-state index is 0.00969.